The van der Waals surface area contributed by atoms with E-state index in [0.717, 1.165) is 4.47 Å². The summed E-state index contributed by atoms with van der Waals surface area (Å²) >= 11 is 3.31. The fourth-order valence-corrected chi connectivity index (χ4v) is 1.97. The maximum Gasteiger partial charge on any atom is 0.308 e. The van der Waals surface area contributed by atoms with Gasteiger partial charge in [-0.3, -0.25) is 9.59 Å². The predicted octanol–water partition coefficient (Wildman–Crippen LogP) is 2.63. The lowest BCUT2D eigenvalue weighted by Crippen LogP contribution is -2.36. The minimum absolute atomic E-state index is 0.146. The SMILES string of the molecule is CCN(CC(C)C(=O)O)C(=O)c1cccc(Br)c1. The van der Waals surface area contributed by atoms with Crippen molar-refractivity contribution in [3.8, 4) is 0 Å². The standard InChI is InChI=1S/C13H16BrNO3/c1-3-15(8-9(2)13(17)18)12(16)10-5-4-6-11(14)7-10/h4-7,9H,3,8H2,1-2H3,(H,17,18). The first kappa shape index (κ1) is 14.7. The maximum absolute atomic E-state index is 12.2. The van der Waals surface area contributed by atoms with Gasteiger partial charge in [-0.1, -0.05) is 28.9 Å². The van der Waals surface area contributed by atoms with Gasteiger partial charge in [0.05, 0.1) is 5.92 Å². The van der Waals surface area contributed by atoms with Gasteiger partial charge in [-0.15, -0.1) is 0 Å². The molecule has 1 aromatic carbocycles. The number of hydrogen-bond acceptors (Lipinski definition) is 2. The van der Waals surface area contributed by atoms with Crippen molar-refractivity contribution in [3.63, 3.8) is 0 Å². The van der Waals surface area contributed by atoms with Gasteiger partial charge in [0.15, 0.2) is 0 Å². The first-order chi connectivity index (χ1) is 8.45. The zero-order chi connectivity index (χ0) is 13.7. The third kappa shape index (κ3) is 3.84. The quantitative estimate of drug-likeness (QED) is 0.909. The van der Waals surface area contributed by atoms with Crippen LogP contribution in [0.3, 0.4) is 0 Å². The summed E-state index contributed by atoms with van der Waals surface area (Å²) in [7, 11) is 0. The summed E-state index contributed by atoms with van der Waals surface area (Å²) in [4.78, 5) is 24.6. The Morgan fingerprint density at radius 2 is 2.11 bits per heavy atom. The molecule has 0 heterocycles. The molecule has 0 radical (unpaired) electrons. The van der Waals surface area contributed by atoms with E-state index in [4.69, 9.17) is 5.11 Å². The minimum atomic E-state index is -0.893. The largest absolute Gasteiger partial charge is 0.481 e. The Labute approximate surface area is 115 Å². The number of hydrogen-bond donors (Lipinski definition) is 1. The number of carbonyl (C=O) groups excluding carboxylic acids is 1. The third-order valence-electron chi connectivity index (χ3n) is 2.66. The fraction of sp³-hybridized carbons (Fsp3) is 0.385. The number of rotatable bonds is 5. The second kappa shape index (κ2) is 6.54. The smallest absolute Gasteiger partial charge is 0.308 e. The average Bonchev–Trinajstić information content (AvgIpc) is 2.34. The summed E-state index contributed by atoms with van der Waals surface area (Å²) in [6.07, 6.45) is 0. The van der Waals surface area contributed by atoms with Crippen LogP contribution in [0.4, 0.5) is 0 Å². The van der Waals surface area contributed by atoms with Crippen molar-refractivity contribution in [3.05, 3.63) is 34.3 Å². The molecule has 1 aromatic rings. The van der Waals surface area contributed by atoms with E-state index in [1.54, 1.807) is 30.0 Å². The summed E-state index contributed by atoms with van der Waals surface area (Å²) < 4.78 is 0.829. The fourth-order valence-electron chi connectivity index (χ4n) is 1.57. The molecule has 0 fully saturated rings. The summed E-state index contributed by atoms with van der Waals surface area (Å²) in [6.45, 7) is 4.14. The van der Waals surface area contributed by atoms with Crippen molar-refractivity contribution in [2.75, 3.05) is 13.1 Å². The number of carbonyl (C=O) groups is 2. The third-order valence-corrected chi connectivity index (χ3v) is 3.15. The van der Waals surface area contributed by atoms with Gasteiger partial charge >= 0.3 is 5.97 Å². The molecule has 4 nitrogen and oxygen atoms in total. The maximum atomic E-state index is 12.2. The van der Waals surface area contributed by atoms with E-state index < -0.39 is 11.9 Å². The average molecular weight is 314 g/mol. The van der Waals surface area contributed by atoms with Gasteiger partial charge in [-0.25, -0.2) is 0 Å². The van der Waals surface area contributed by atoms with Gasteiger partial charge in [-0.05, 0) is 25.1 Å². The monoisotopic (exact) mass is 313 g/mol. The number of aliphatic carboxylic acids is 1. The van der Waals surface area contributed by atoms with Gasteiger partial charge in [0, 0.05) is 23.1 Å². The highest BCUT2D eigenvalue weighted by Crippen LogP contribution is 2.14. The van der Waals surface area contributed by atoms with E-state index in [1.807, 2.05) is 13.0 Å². The number of halogens is 1. The Balaban J connectivity index is 2.82. The van der Waals surface area contributed by atoms with Crippen molar-refractivity contribution in [1.29, 1.82) is 0 Å². The van der Waals surface area contributed by atoms with Crippen molar-refractivity contribution < 1.29 is 14.7 Å². The normalized spacial score (nSPS) is 11.9. The molecule has 0 aliphatic carbocycles. The Morgan fingerprint density at radius 1 is 1.44 bits per heavy atom. The first-order valence-corrected chi connectivity index (χ1v) is 6.52. The van der Waals surface area contributed by atoms with Crippen molar-refractivity contribution in [2.45, 2.75) is 13.8 Å². The topological polar surface area (TPSA) is 57.6 Å². The molecule has 1 N–H and O–H groups in total. The first-order valence-electron chi connectivity index (χ1n) is 5.73. The number of carboxylic acids is 1. The van der Waals surface area contributed by atoms with Gasteiger partial charge in [0.25, 0.3) is 5.91 Å². The van der Waals surface area contributed by atoms with Crippen LogP contribution in [-0.2, 0) is 4.79 Å². The van der Waals surface area contributed by atoms with Crippen LogP contribution in [0.2, 0.25) is 0 Å². The zero-order valence-corrected chi connectivity index (χ0v) is 12.0. The molecule has 0 aliphatic heterocycles. The lowest BCUT2D eigenvalue weighted by Gasteiger charge is -2.23. The zero-order valence-electron chi connectivity index (χ0n) is 10.4. The lowest BCUT2D eigenvalue weighted by atomic mass is 10.1. The number of nitrogens with zero attached hydrogens (tertiary/aromatic N) is 1. The van der Waals surface area contributed by atoms with Gasteiger partial charge in [0.1, 0.15) is 0 Å². The molecule has 0 bridgehead atoms. The van der Waals surface area contributed by atoms with Crippen molar-refractivity contribution >= 4 is 27.8 Å². The predicted molar refractivity (Wildman–Crippen MR) is 72.5 cm³/mol. The molecule has 18 heavy (non-hydrogen) atoms. The van der Waals surface area contributed by atoms with Crippen LogP contribution in [0.25, 0.3) is 0 Å². The molecule has 5 heteroatoms. The molecule has 1 atom stereocenters. The van der Waals surface area contributed by atoms with Crippen LogP contribution < -0.4 is 0 Å². The van der Waals surface area contributed by atoms with Crippen LogP contribution in [0.1, 0.15) is 24.2 Å². The molecule has 1 unspecified atom stereocenters. The highest BCUT2D eigenvalue weighted by atomic mass is 79.9. The van der Waals surface area contributed by atoms with Crippen LogP contribution >= 0.6 is 15.9 Å². The number of amides is 1. The van der Waals surface area contributed by atoms with Crippen LogP contribution in [-0.4, -0.2) is 35.0 Å². The van der Waals surface area contributed by atoms with Crippen molar-refractivity contribution in [2.24, 2.45) is 5.92 Å². The van der Waals surface area contributed by atoms with E-state index in [1.165, 1.54) is 0 Å². The van der Waals surface area contributed by atoms with Gasteiger partial charge in [-0.2, -0.15) is 0 Å². The van der Waals surface area contributed by atoms with Crippen LogP contribution in [0.15, 0.2) is 28.7 Å². The van der Waals surface area contributed by atoms with E-state index in [-0.39, 0.29) is 12.5 Å². The Bertz CT molecular complexity index is 448. The van der Waals surface area contributed by atoms with Crippen LogP contribution in [0, 0.1) is 5.92 Å². The molecule has 0 spiro atoms. The molecule has 1 rings (SSSR count). The minimum Gasteiger partial charge on any atom is -0.481 e. The van der Waals surface area contributed by atoms with Crippen LogP contribution in [0.5, 0.6) is 0 Å². The Kier molecular flexibility index (Phi) is 5.34. The highest BCUT2D eigenvalue weighted by Gasteiger charge is 2.20. The second-order valence-corrected chi connectivity index (χ2v) is 5.01. The molecule has 0 saturated carbocycles. The lowest BCUT2D eigenvalue weighted by molar-refractivity contribution is -0.141. The van der Waals surface area contributed by atoms with E-state index in [9.17, 15) is 9.59 Å². The molecular weight excluding hydrogens is 298 g/mol. The molecule has 1 amide bonds. The van der Waals surface area contributed by atoms with E-state index in [2.05, 4.69) is 15.9 Å². The van der Waals surface area contributed by atoms with E-state index >= 15 is 0 Å². The number of carboxylic acid groups (broad SMARTS) is 1. The molecule has 0 aliphatic rings. The van der Waals surface area contributed by atoms with Gasteiger partial charge in [0.2, 0.25) is 0 Å². The highest BCUT2D eigenvalue weighted by molar-refractivity contribution is 9.10. The number of benzene rings is 1. The molecule has 0 saturated heterocycles. The summed E-state index contributed by atoms with van der Waals surface area (Å²) in [5, 5.41) is 8.88. The summed E-state index contributed by atoms with van der Waals surface area (Å²) in [5.41, 5.74) is 0.559. The van der Waals surface area contributed by atoms with E-state index in [0.29, 0.717) is 12.1 Å². The Hall–Kier alpha value is -1.36. The molecule has 98 valence electrons. The molecule has 0 aromatic heterocycles. The van der Waals surface area contributed by atoms with Gasteiger partial charge < -0.3 is 10.0 Å². The summed E-state index contributed by atoms with van der Waals surface area (Å²) in [6, 6.07) is 7.08. The van der Waals surface area contributed by atoms with Crippen molar-refractivity contribution in [1.82, 2.24) is 4.90 Å². The second-order valence-electron chi connectivity index (χ2n) is 4.09. The summed E-state index contributed by atoms with van der Waals surface area (Å²) in [5.74, 6) is -1.61. The Morgan fingerprint density at radius 3 is 2.61 bits per heavy atom. The molecular formula is C13H16BrNO3.